The molecule has 1 aliphatic rings. The first-order chi connectivity index (χ1) is 19.6. The molecule has 0 saturated heterocycles. The van der Waals surface area contributed by atoms with Crippen LogP contribution in [-0.2, 0) is 16.8 Å². The van der Waals surface area contributed by atoms with Gasteiger partial charge in [-0.25, -0.2) is 9.18 Å². The minimum absolute atomic E-state index is 0.0119. The van der Waals surface area contributed by atoms with Crippen molar-refractivity contribution in [3.8, 4) is 11.1 Å². The number of amides is 2. The van der Waals surface area contributed by atoms with Gasteiger partial charge in [-0.1, -0.05) is 89.2 Å². The first-order valence-corrected chi connectivity index (χ1v) is 13.7. The summed E-state index contributed by atoms with van der Waals surface area (Å²) in [6, 6.07) is 19.2. The minimum atomic E-state index is -1.33. The Morgan fingerprint density at radius 2 is 1.66 bits per heavy atom. The van der Waals surface area contributed by atoms with Crippen LogP contribution < -0.4 is 11.1 Å². The highest BCUT2D eigenvalue weighted by Crippen LogP contribution is 2.46. The highest BCUT2D eigenvalue weighted by atomic mass is 19.1. The summed E-state index contributed by atoms with van der Waals surface area (Å²) in [4.78, 5) is 34.1. The van der Waals surface area contributed by atoms with Gasteiger partial charge in [-0.2, -0.15) is 0 Å². The van der Waals surface area contributed by atoms with E-state index in [4.69, 9.17) is 9.90 Å². The molecule has 218 valence electrons. The largest absolute Gasteiger partial charge is 0.465 e. The lowest BCUT2D eigenvalue weighted by Crippen LogP contribution is -2.26. The molecule has 0 bridgehead atoms. The number of primary amides is 1. The van der Waals surface area contributed by atoms with Gasteiger partial charge in [0, 0.05) is 41.0 Å². The number of aldehydes is 1. The smallest absolute Gasteiger partial charge is 0.402 e. The molecular weight excluding hydrogens is 521 g/mol. The summed E-state index contributed by atoms with van der Waals surface area (Å²) in [6.45, 7) is 10.6. The van der Waals surface area contributed by atoms with Crippen molar-refractivity contribution in [3.63, 3.8) is 0 Å². The van der Waals surface area contributed by atoms with Gasteiger partial charge in [0.1, 0.15) is 12.1 Å². The molecule has 1 aromatic heterocycles. The number of allylic oxidation sites excluding steroid dienone is 4. The monoisotopic (exact) mass is 561 g/mol. The van der Waals surface area contributed by atoms with Crippen LogP contribution in [-0.4, -0.2) is 28.0 Å². The molecule has 1 aliphatic carbocycles. The van der Waals surface area contributed by atoms with E-state index in [0.717, 1.165) is 28.8 Å². The summed E-state index contributed by atoms with van der Waals surface area (Å²) < 4.78 is 16.1. The van der Waals surface area contributed by atoms with Gasteiger partial charge >= 0.3 is 6.09 Å². The number of halogens is 1. The number of hydrogen-bond donors (Lipinski definition) is 3. The van der Waals surface area contributed by atoms with E-state index in [2.05, 4.69) is 36.4 Å². The van der Waals surface area contributed by atoms with Gasteiger partial charge in [-0.15, -0.1) is 0 Å². The summed E-state index contributed by atoms with van der Waals surface area (Å²) in [5.41, 5.74) is 8.32. The average molecular weight is 562 g/mol. The standard InChI is InChI=1S/C30H31FN2O2.C2H6.CH3NO2/c1-21(2)27-26(29(35)32-24-13-8-5-9-14-24)25(22-11-6-4-7-12-22)28(33(27)19-10-20-34)30(3)17-15-23(31)16-18-30;1-2;2-1(3)4/h4-9,11-17,20-21H,10,18-19H2,1-3H3,(H,32,35);1-2H3;2H2,(H,3,4). The van der Waals surface area contributed by atoms with Crippen molar-refractivity contribution < 1.29 is 23.9 Å². The molecule has 4 N–H and O–H groups in total. The zero-order valence-electron chi connectivity index (χ0n) is 24.4. The zero-order valence-corrected chi connectivity index (χ0v) is 24.4. The average Bonchev–Trinajstić information content (AvgIpc) is 3.32. The number of nitrogens with two attached hydrogens (primary N) is 1. The number of nitrogens with zero attached hydrogens (tertiary/aromatic N) is 1. The third kappa shape index (κ3) is 8.27. The van der Waals surface area contributed by atoms with Crippen LogP contribution in [0.3, 0.4) is 0 Å². The number of rotatable bonds is 8. The van der Waals surface area contributed by atoms with Gasteiger partial charge in [0.15, 0.2) is 0 Å². The Morgan fingerprint density at radius 1 is 1.10 bits per heavy atom. The van der Waals surface area contributed by atoms with E-state index in [1.165, 1.54) is 6.08 Å². The van der Waals surface area contributed by atoms with Crippen LogP contribution in [0.15, 0.2) is 84.7 Å². The van der Waals surface area contributed by atoms with Crippen molar-refractivity contribution in [2.75, 3.05) is 5.32 Å². The normalized spacial score (nSPS) is 15.5. The van der Waals surface area contributed by atoms with Crippen molar-refractivity contribution in [2.24, 2.45) is 5.73 Å². The summed E-state index contributed by atoms with van der Waals surface area (Å²) in [5.74, 6) is -0.450. The molecule has 1 unspecified atom stereocenters. The van der Waals surface area contributed by atoms with E-state index >= 15 is 0 Å². The Morgan fingerprint density at radius 3 is 2.15 bits per heavy atom. The fraction of sp³-hybridized carbons (Fsp3) is 0.303. The van der Waals surface area contributed by atoms with Gasteiger partial charge in [0.25, 0.3) is 5.91 Å². The number of carbonyl (C=O) groups excluding carboxylic acids is 2. The van der Waals surface area contributed by atoms with E-state index < -0.39 is 11.5 Å². The van der Waals surface area contributed by atoms with Crippen molar-refractivity contribution in [2.45, 2.75) is 65.3 Å². The molecule has 2 aromatic carbocycles. The third-order valence-electron chi connectivity index (χ3n) is 6.51. The van der Waals surface area contributed by atoms with Gasteiger partial charge in [-0.3, -0.25) is 4.79 Å². The lowest BCUT2D eigenvalue weighted by atomic mass is 9.77. The molecule has 7 nitrogen and oxygen atoms in total. The molecule has 8 heteroatoms. The SMILES string of the molecule is CC.CC(C)c1c(C(=O)Nc2ccccc2)c(-c2ccccc2)c(C2(C)C=CC(F)=CC2)n1CCC=O.NC(=O)O. The van der Waals surface area contributed by atoms with E-state index in [1.54, 1.807) is 6.08 Å². The van der Waals surface area contributed by atoms with Crippen LogP contribution in [0.4, 0.5) is 14.9 Å². The van der Waals surface area contributed by atoms with Crippen LogP contribution in [0.1, 0.15) is 75.1 Å². The van der Waals surface area contributed by atoms with Crippen LogP contribution in [0.25, 0.3) is 11.1 Å². The second-order valence-electron chi connectivity index (χ2n) is 9.81. The number of benzene rings is 2. The predicted octanol–water partition coefficient (Wildman–Crippen LogP) is 7.84. The lowest BCUT2D eigenvalue weighted by Gasteiger charge is -2.31. The highest BCUT2D eigenvalue weighted by molar-refractivity contribution is 6.10. The molecule has 0 saturated carbocycles. The number of nitrogens with one attached hydrogen (secondary N) is 1. The lowest BCUT2D eigenvalue weighted by molar-refractivity contribution is -0.108. The van der Waals surface area contributed by atoms with Crippen LogP contribution >= 0.6 is 0 Å². The first kappa shape index (κ1) is 32.8. The van der Waals surface area contributed by atoms with Gasteiger partial charge in [0.05, 0.1) is 5.56 Å². The fourth-order valence-corrected chi connectivity index (χ4v) is 4.96. The maximum absolute atomic E-state index is 14.0. The molecule has 1 heterocycles. The summed E-state index contributed by atoms with van der Waals surface area (Å²) >= 11 is 0. The summed E-state index contributed by atoms with van der Waals surface area (Å²) in [5, 5.41) is 10.3. The quantitative estimate of drug-likeness (QED) is 0.243. The molecule has 0 aliphatic heterocycles. The van der Waals surface area contributed by atoms with E-state index in [9.17, 15) is 14.0 Å². The second kappa shape index (κ2) is 15.4. The van der Waals surface area contributed by atoms with Gasteiger partial charge in [0.2, 0.25) is 0 Å². The van der Waals surface area contributed by atoms with Crippen molar-refractivity contribution in [1.29, 1.82) is 0 Å². The topological polar surface area (TPSA) is 114 Å². The molecule has 2 amide bonds. The number of carbonyl (C=O) groups is 3. The maximum atomic E-state index is 14.0. The fourth-order valence-electron chi connectivity index (χ4n) is 4.96. The summed E-state index contributed by atoms with van der Waals surface area (Å²) in [6.07, 6.45) is 5.30. The van der Waals surface area contributed by atoms with Crippen LogP contribution in [0, 0.1) is 0 Å². The predicted molar refractivity (Wildman–Crippen MR) is 163 cm³/mol. The second-order valence-corrected chi connectivity index (χ2v) is 9.81. The van der Waals surface area contributed by atoms with Crippen LogP contribution in [0.2, 0.25) is 0 Å². The third-order valence-corrected chi connectivity index (χ3v) is 6.51. The maximum Gasteiger partial charge on any atom is 0.402 e. The van der Waals surface area contributed by atoms with Crippen molar-refractivity contribution >= 4 is 24.0 Å². The van der Waals surface area contributed by atoms with E-state index in [0.29, 0.717) is 30.6 Å². The Hall–Kier alpha value is -4.46. The van der Waals surface area contributed by atoms with Gasteiger partial charge in [-0.05, 0) is 42.2 Å². The molecule has 4 rings (SSSR count). The van der Waals surface area contributed by atoms with E-state index in [1.807, 2.05) is 80.6 Å². The number of para-hydroxylation sites is 1. The Kier molecular flexibility index (Phi) is 12.3. The molecule has 0 radical (unpaired) electrons. The molecule has 1 atom stereocenters. The number of carboxylic acid groups (broad SMARTS) is 1. The number of hydrogen-bond acceptors (Lipinski definition) is 3. The Bertz CT molecular complexity index is 1370. The molecule has 41 heavy (non-hydrogen) atoms. The molecule has 0 spiro atoms. The molecular formula is C33H40FN3O4. The molecule has 3 aromatic rings. The van der Waals surface area contributed by atoms with Crippen molar-refractivity contribution in [3.05, 3.63) is 102 Å². The number of aromatic nitrogens is 1. The summed E-state index contributed by atoms with van der Waals surface area (Å²) in [7, 11) is 0. The highest BCUT2D eigenvalue weighted by Gasteiger charge is 2.38. The minimum Gasteiger partial charge on any atom is -0.465 e. The van der Waals surface area contributed by atoms with Crippen LogP contribution in [0.5, 0.6) is 0 Å². The molecule has 0 fully saturated rings. The Labute approximate surface area is 241 Å². The van der Waals surface area contributed by atoms with Crippen molar-refractivity contribution in [1.82, 2.24) is 4.57 Å². The number of anilines is 1. The van der Waals surface area contributed by atoms with Gasteiger partial charge < -0.3 is 25.5 Å². The Balaban J connectivity index is 0.000000902. The zero-order chi connectivity index (χ0) is 30.6. The van der Waals surface area contributed by atoms with E-state index in [-0.39, 0.29) is 17.7 Å². The first-order valence-electron chi connectivity index (χ1n) is 13.7.